The van der Waals surface area contributed by atoms with Gasteiger partial charge >= 0.3 is 0 Å². The van der Waals surface area contributed by atoms with E-state index in [4.69, 9.17) is 11.5 Å². The first kappa shape index (κ1) is 8.70. The van der Waals surface area contributed by atoms with Crippen molar-refractivity contribution in [1.82, 2.24) is 15.0 Å². The van der Waals surface area contributed by atoms with Crippen molar-refractivity contribution in [3.8, 4) is 0 Å². The van der Waals surface area contributed by atoms with Gasteiger partial charge in [-0.05, 0) is 6.42 Å². The van der Waals surface area contributed by atoms with Gasteiger partial charge < -0.3 is 11.5 Å². The lowest BCUT2D eigenvalue weighted by molar-refractivity contribution is 0.676. The second kappa shape index (κ2) is 3.34. The van der Waals surface area contributed by atoms with E-state index < -0.39 is 0 Å². The lowest BCUT2D eigenvalue weighted by Crippen LogP contribution is -2.08. The summed E-state index contributed by atoms with van der Waals surface area (Å²) in [5.74, 6) is 1.33. The van der Waals surface area contributed by atoms with Crippen LogP contribution in [-0.4, -0.2) is 15.0 Å². The third-order valence-corrected chi connectivity index (χ3v) is 1.74. The zero-order valence-electron chi connectivity index (χ0n) is 7.28. The van der Waals surface area contributed by atoms with Gasteiger partial charge in [-0.3, -0.25) is 0 Å². The van der Waals surface area contributed by atoms with Gasteiger partial charge in [-0.25, -0.2) is 0 Å². The quantitative estimate of drug-likeness (QED) is 0.671. The minimum absolute atomic E-state index is 0.192. The highest BCUT2D eigenvalue weighted by Crippen LogP contribution is 2.14. The topological polar surface area (TPSA) is 90.7 Å². The summed E-state index contributed by atoms with van der Waals surface area (Å²) in [5.41, 5.74) is 10.8. The molecular formula is C7H13N5. The van der Waals surface area contributed by atoms with E-state index in [1.165, 1.54) is 0 Å². The number of hydrogen-bond donors (Lipinski definition) is 2. The smallest absolute Gasteiger partial charge is 0.225 e. The van der Waals surface area contributed by atoms with Gasteiger partial charge in [0.25, 0.3) is 0 Å². The van der Waals surface area contributed by atoms with Crippen molar-refractivity contribution in [2.75, 3.05) is 11.5 Å². The van der Waals surface area contributed by atoms with E-state index in [1.54, 1.807) is 0 Å². The number of anilines is 2. The average molecular weight is 167 g/mol. The zero-order chi connectivity index (χ0) is 9.14. The second-order valence-electron chi connectivity index (χ2n) is 2.72. The highest BCUT2D eigenvalue weighted by molar-refractivity contribution is 5.26. The van der Waals surface area contributed by atoms with Gasteiger partial charge in [0.1, 0.15) is 5.82 Å². The molecule has 0 saturated heterocycles. The summed E-state index contributed by atoms with van der Waals surface area (Å²) < 4.78 is 0. The van der Waals surface area contributed by atoms with E-state index >= 15 is 0 Å². The summed E-state index contributed by atoms with van der Waals surface area (Å²) in [7, 11) is 0. The number of nitrogen functional groups attached to an aromatic ring is 2. The molecule has 5 heteroatoms. The number of rotatable bonds is 2. The lowest BCUT2D eigenvalue weighted by atomic mass is 10.1. The van der Waals surface area contributed by atoms with Gasteiger partial charge in [0, 0.05) is 5.92 Å². The third-order valence-electron chi connectivity index (χ3n) is 1.74. The highest BCUT2D eigenvalue weighted by atomic mass is 15.1. The van der Waals surface area contributed by atoms with Crippen molar-refractivity contribution in [2.45, 2.75) is 26.2 Å². The van der Waals surface area contributed by atoms with Crippen LogP contribution in [0, 0.1) is 0 Å². The molecule has 0 radical (unpaired) electrons. The van der Waals surface area contributed by atoms with Crippen molar-refractivity contribution >= 4 is 11.9 Å². The average Bonchev–Trinajstić information content (AvgIpc) is 2.01. The van der Waals surface area contributed by atoms with Crippen LogP contribution >= 0.6 is 0 Å². The number of nitrogens with zero attached hydrogens (tertiary/aromatic N) is 3. The highest BCUT2D eigenvalue weighted by Gasteiger charge is 2.08. The van der Waals surface area contributed by atoms with Crippen LogP contribution in [0.3, 0.4) is 0 Å². The largest absolute Gasteiger partial charge is 0.368 e. The second-order valence-corrected chi connectivity index (χ2v) is 2.72. The van der Waals surface area contributed by atoms with E-state index in [1.807, 2.05) is 6.92 Å². The van der Waals surface area contributed by atoms with Gasteiger partial charge in [-0.2, -0.15) is 15.0 Å². The molecule has 0 spiro atoms. The van der Waals surface area contributed by atoms with Crippen LogP contribution in [-0.2, 0) is 0 Å². The molecule has 66 valence electrons. The molecule has 0 aliphatic rings. The molecule has 1 rings (SSSR count). The zero-order valence-corrected chi connectivity index (χ0v) is 7.28. The van der Waals surface area contributed by atoms with E-state index in [0.717, 1.165) is 6.42 Å². The van der Waals surface area contributed by atoms with Crippen LogP contribution in [0.25, 0.3) is 0 Å². The van der Waals surface area contributed by atoms with E-state index in [-0.39, 0.29) is 17.8 Å². The van der Waals surface area contributed by atoms with Crippen LogP contribution in [0.15, 0.2) is 0 Å². The van der Waals surface area contributed by atoms with Crippen molar-refractivity contribution in [3.05, 3.63) is 5.82 Å². The normalized spacial score (nSPS) is 12.8. The molecule has 12 heavy (non-hydrogen) atoms. The van der Waals surface area contributed by atoms with Gasteiger partial charge in [0.2, 0.25) is 11.9 Å². The lowest BCUT2D eigenvalue weighted by Gasteiger charge is -2.06. The third kappa shape index (κ3) is 1.81. The first-order chi connectivity index (χ1) is 5.63. The Labute approximate surface area is 71.2 Å². The molecule has 1 aromatic heterocycles. The Hall–Kier alpha value is -1.39. The number of aromatic nitrogens is 3. The monoisotopic (exact) mass is 167 g/mol. The molecule has 1 atom stereocenters. The summed E-state index contributed by atoms with van der Waals surface area (Å²) in [6.45, 7) is 4.08. The van der Waals surface area contributed by atoms with Gasteiger partial charge in [0.15, 0.2) is 0 Å². The molecule has 0 aliphatic heterocycles. The predicted octanol–water partition coefficient (Wildman–Crippen LogP) is 0.550. The maximum Gasteiger partial charge on any atom is 0.225 e. The van der Waals surface area contributed by atoms with Crippen molar-refractivity contribution < 1.29 is 0 Å². The molecule has 1 heterocycles. The Balaban J connectivity index is 3.00. The minimum Gasteiger partial charge on any atom is -0.368 e. The number of hydrogen-bond acceptors (Lipinski definition) is 5. The molecule has 1 aromatic rings. The maximum absolute atomic E-state index is 5.41. The van der Waals surface area contributed by atoms with Crippen molar-refractivity contribution in [1.29, 1.82) is 0 Å². The molecule has 0 saturated carbocycles. The van der Waals surface area contributed by atoms with E-state index in [2.05, 4.69) is 21.9 Å². The molecule has 0 aliphatic carbocycles. The SMILES string of the molecule is CCC(C)c1nc(N)nc(N)n1. The standard InChI is InChI=1S/C7H13N5/c1-3-4(2)5-10-6(8)12-7(9)11-5/h4H,3H2,1-2H3,(H4,8,9,10,11,12). The molecule has 4 N–H and O–H groups in total. The van der Waals surface area contributed by atoms with Gasteiger partial charge in [-0.1, -0.05) is 13.8 Å². The molecule has 0 bridgehead atoms. The van der Waals surface area contributed by atoms with Crippen molar-refractivity contribution in [2.24, 2.45) is 0 Å². The van der Waals surface area contributed by atoms with E-state index in [0.29, 0.717) is 5.82 Å². The van der Waals surface area contributed by atoms with Gasteiger partial charge in [-0.15, -0.1) is 0 Å². The fraction of sp³-hybridized carbons (Fsp3) is 0.571. The van der Waals surface area contributed by atoms with Crippen LogP contribution in [0.4, 0.5) is 11.9 Å². The Bertz CT molecular complexity index is 252. The molecular weight excluding hydrogens is 154 g/mol. The Morgan fingerprint density at radius 1 is 1.17 bits per heavy atom. The molecule has 5 nitrogen and oxygen atoms in total. The molecule has 1 unspecified atom stereocenters. The summed E-state index contributed by atoms with van der Waals surface area (Å²) in [4.78, 5) is 11.6. The van der Waals surface area contributed by atoms with E-state index in [9.17, 15) is 0 Å². The van der Waals surface area contributed by atoms with Crippen LogP contribution < -0.4 is 11.5 Å². The van der Waals surface area contributed by atoms with Crippen LogP contribution in [0.2, 0.25) is 0 Å². The first-order valence-corrected chi connectivity index (χ1v) is 3.90. The fourth-order valence-electron chi connectivity index (χ4n) is 0.830. The summed E-state index contributed by atoms with van der Waals surface area (Å²) in [5, 5.41) is 0. The minimum atomic E-state index is 0.192. The van der Waals surface area contributed by atoms with Crippen LogP contribution in [0.5, 0.6) is 0 Å². The summed E-state index contributed by atoms with van der Waals surface area (Å²) in [6, 6.07) is 0. The van der Waals surface area contributed by atoms with Crippen LogP contribution in [0.1, 0.15) is 32.0 Å². The Morgan fingerprint density at radius 2 is 1.67 bits per heavy atom. The maximum atomic E-state index is 5.41. The van der Waals surface area contributed by atoms with Gasteiger partial charge in [0.05, 0.1) is 0 Å². The predicted molar refractivity (Wildman–Crippen MR) is 47.4 cm³/mol. The summed E-state index contributed by atoms with van der Waals surface area (Å²) >= 11 is 0. The van der Waals surface area contributed by atoms with Crippen molar-refractivity contribution in [3.63, 3.8) is 0 Å². The Kier molecular flexibility index (Phi) is 2.42. The number of nitrogens with two attached hydrogens (primary N) is 2. The molecule has 0 amide bonds. The fourth-order valence-corrected chi connectivity index (χ4v) is 0.830. The first-order valence-electron chi connectivity index (χ1n) is 3.90. The Morgan fingerprint density at radius 3 is 2.08 bits per heavy atom. The summed E-state index contributed by atoms with van der Waals surface area (Å²) in [6.07, 6.45) is 0.961. The molecule has 0 fully saturated rings. The molecule has 0 aromatic carbocycles.